The van der Waals surface area contributed by atoms with Crippen LogP contribution in [-0.4, -0.2) is 25.3 Å². The number of aromatic nitrogens is 4. The van der Waals surface area contributed by atoms with Crippen LogP contribution in [0.15, 0.2) is 51.2 Å². The molecule has 2 heterocycles. The van der Waals surface area contributed by atoms with Crippen molar-refractivity contribution in [3.63, 3.8) is 0 Å². The van der Waals surface area contributed by atoms with Crippen molar-refractivity contribution in [2.45, 2.75) is 31.7 Å². The average Bonchev–Trinajstić information content (AvgIpc) is 3.21. The van der Waals surface area contributed by atoms with Crippen molar-refractivity contribution in [3.8, 4) is 0 Å². The monoisotopic (exact) mass is 364 g/mol. The van der Waals surface area contributed by atoms with Crippen LogP contribution >= 0.6 is 0 Å². The van der Waals surface area contributed by atoms with E-state index in [1.807, 2.05) is 30.3 Å². The van der Waals surface area contributed by atoms with Crippen LogP contribution in [-0.2, 0) is 7.05 Å². The Bertz CT molecular complexity index is 1110. The molecule has 138 valence electrons. The molecule has 8 heteroatoms. The number of nitrogens with one attached hydrogen (secondary N) is 1. The fourth-order valence-electron chi connectivity index (χ4n) is 3.49. The van der Waals surface area contributed by atoms with Gasteiger partial charge in [0.2, 0.25) is 5.95 Å². The number of aryl methyl sites for hydroxylation is 1. The zero-order chi connectivity index (χ0) is 18.8. The highest BCUT2D eigenvalue weighted by Gasteiger charge is 2.23. The van der Waals surface area contributed by atoms with Crippen LogP contribution in [0.3, 0.4) is 0 Å². The Labute approximate surface area is 155 Å². The molecule has 1 N–H and O–H groups in total. The third kappa shape index (κ3) is 3.25. The Balaban J connectivity index is 1.75. The molecule has 4 rings (SSSR count). The lowest BCUT2D eigenvalue weighted by Crippen LogP contribution is -2.42. The van der Waals surface area contributed by atoms with E-state index in [1.165, 1.54) is 4.57 Å². The summed E-state index contributed by atoms with van der Waals surface area (Å²) in [5.41, 5.74) is 3.65. The molecule has 0 bridgehead atoms. The maximum atomic E-state index is 12.6. The molecule has 1 aliphatic rings. The number of hydrazone groups is 1. The minimum absolute atomic E-state index is 0.00414. The van der Waals surface area contributed by atoms with E-state index in [4.69, 9.17) is 0 Å². The predicted octanol–water partition coefficient (Wildman–Crippen LogP) is 2.05. The van der Waals surface area contributed by atoms with Gasteiger partial charge in [-0.15, -0.1) is 0 Å². The van der Waals surface area contributed by atoms with Gasteiger partial charge in [-0.05, 0) is 18.4 Å². The van der Waals surface area contributed by atoms with E-state index in [0.717, 1.165) is 31.2 Å². The van der Waals surface area contributed by atoms with E-state index in [0.29, 0.717) is 11.2 Å². The normalized spacial score (nSPS) is 15.0. The summed E-state index contributed by atoms with van der Waals surface area (Å²) < 4.78 is 2.85. The van der Waals surface area contributed by atoms with Crippen molar-refractivity contribution >= 4 is 23.3 Å². The topological polar surface area (TPSA) is 94.2 Å². The van der Waals surface area contributed by atoms with Crippen molar-refractivity contribution in [1.29, 1.82) is 0 Å². The van der Waals surface area contributed by atoms with Gasteiger partial charge in [0, 0.05) is 13.1 Å². The first-order valence-corrected chi connectivity index (χ1v) is 8.97. The van der Waals surface area contributed by atoms with Crippen molar-refractivity contribution in [1.82, 2.24) is 19.1 Å². The molecule has 0 spiro atoms. The molecule has 3 aromatic rings. The molecular weight excluding hydrogens is 344 g/mol. The first-order valence-electron chi connectivity index (χ1n) is 8.97. The van der Waals surface area contributed by atoms with Gasteiger partial charge in [0.1, 0.15) is 5.52 Å². The molecule has 2 aromatic heterocycles. The van der Waals surface area contributed by atoms with Crippen LogP contribution in [0.1, 0.15) is 37.3 Å². The number of fused-ring (bicyclic) bond motifs is 1. The maximum Gasteiger partial charge on any atom is 0.318 e. The summed E-state index contributed by atoms with van der Waals surface area (Å²) in [7, 11) is 1.56. The van der Waals surface area contributed by atoms with Crippen LogP contribution in [0.2, 0.25) is 0 Å². The van der Waals surface area contributed by atoms with E-state index in [2.05, 4.69) is 20.5 Å². The first-order chi connectivity index (χ1) is 13.1. The fraction of sp³-hybridized carbons (Fsp3) is 0.316. The summed E-state index contributed by atoms with van der Waals surface area (Å²) in [4.78, 5) is 33.6. The molecule has 0 radical (unpaired) electrons. The molecule has 1 fully saturated rings. The van der Waals surface area contributed by atoms with Crippen LogP contribution in [0.25, 0.3) is 11.2 Å². The Morgan fingerprint density at radius 2 is 1.89 bits per heavy atom. The van der Waals surface area contributed by atoms with Crippen molar-refractivity contribution in [3.05, 3.63) is 62.8 Å². The lowest BCUT2D eigenvalue weighted by molar-refractivity contribution is 0.507. The van der Waals surface area contributed by atoms with Crippen molar-refractivity contribution < 1.29 is 0 Å². The second-order valence-corrected chi connectivity index (χ2v) is 6.66. The maximum absolute atomic E-state index is 12.6. The lowest BCUT2D eigenvalue weighted by Gasteiger charge is -2.17. The first kappa shape index (κ1) is 17.1. The van der Waals surface area contributed by atoms with E-state index in [9.17, 15) is 9.59 Å². The van der Waals surface area contributed by atoms with E-state index >= 15 is 0 Å². The molecule has 0 atom stereocenters. The number of benzene rings is 1. The number of anilines is 1. The third-order valence-electron chi connectivity index (χ3n) is 4.91. The fourth-order valence-corrected chi connectivity index (χ4v) is 3.49. The Hall–Kier alpha value is -3.29. The summed E-state index contributed by atoms with van der Waals surface area (Å²) in [6, 6.07) is 9.65. The molecule has 8 nitrogen and oxygen atoms in total. The van der Waals surface area contributed by atoms with Crippen LogP contribution in [0.4, 0.5) is 5.95 Å². The summed E-state index contributed by atoms with van der Waals surface area (Å²) >= 11 is 0. The molecule has 1 saturated carbocycles. The largest absolute Gasteiger partial charge is 0.318 e. The van der Waals surface area contributed by atoms with Gasteiger partial charge >= 0.3 is 11.1 Å². The molecule has 0 aliphatic heterocycles. The number of nitrogens with zero attached hydrogens (tertiary/aromatic N) is 5. The second kappa shape index (κ2) is 7.14. The number of hydrogen-bond donors (Lipinski definition) is 1. The molecule has 0 unspecified atom stereocenters. The van der Waals surface area contributed by atoms with Crippen molar-refractivity contribution in [2.75, 3.05) is 5.43 Å². The molecule has 1 aliphatic carbocycles. The smallest absolute Gasteiger partial charge is 0.303 e. The van der Waals surface area contributed by atoms with Crippen molar-refractivity contribution in [2.24, 2.45) is 12.1 Å². The van der Waals surface area contributed by atoms with E-state index < -0.39 is 11.1 Å². The van der Waals surface area contributed by atoms with Gasteiger partial charge in [-0.2, -0.15) is 10.1 Å². The average molecular weight is 364 g/mol. The minimum Gasteiger partial charge on any atom is -0.303 e. The molecule has 0 amide bonds. The van der Waals surface area contributed by atoms with Gasteiger partial charge in [0.25, 0.3) is 0 Å². The van der Waals surface area contributed by atoms with Crippen LogP contribution < -0.4 is 16.5 Å². The predicted molar refractivity (Wildman–Crippen MR) is 104 cm³/mol. The van der Waals surface area contributed by atoms with Gasteiger partial charge in [-0.25, -0.2) is 10.4 Å². The lowest BCUT2D eigenvalue weighted by atomic mass is 10.2. The van der Waals surface area contributed by atoms with Crippen LogP contribution in [0, 0.1) is 0 Å². The van der Waals surface area contributed by atoms with E-state index in [-0.39, 0.29) is 12.0 Å². The minimum atomic E-state index is -0.555. The van der Waals surface area contributed by atoms with E-state index in [1.54, 1.807) is 24.0 Å². The number of rotatable bonds is 4. The second-order valence-electron chi connectivity index (χ2n) is 6.66. The quantitative estimate of drug-likeness (QED) is 0.434. The SMILES string of the molecule is Cn1c(=O)c(=O)n(C2CCCC2)c2nc(NN=Cc3ccccc3)ncc21. The third-order valence-corrected chi connectivity index (χ3v) is 4.91. The molecular formula is C19H20N6O2. The molecule has 1 aromatic carbocycles. The van der Waals surface area contributed by atoms with Gasteiger partial charge in [-0.1, -0.05) is 43.2 Å². The van der Waals surface area contributed by atoms with Gasteiger partial charge in [-0.3, -0.25) is 14.2 Å². The Kier molecular flexibility index (Phi) is 4.53. The summed E-state index contributed by atoms with van der Waals surface area (Å²) in [6.45, 7) is 0. The molecule has 27 heavy (non-hydrogen) atoms. The summed E-state index contributed by atoms with van der Waals surface area (Å²) in [5, 5.41) is 4.15. The number of hydrogen-bond acceptors (Lipinski definition) is 6. The highest BCUT2D eigenvalue weighted by molar-refractivity contribution is 5.80. The van der Waals surface area contributed by atoms with Gasteiger partial charge < -0.3 is 4.57 Å². The van der Waals surface area contributed by atoms with Gasteiger partial charge in [0.15, 0.2) is 5.65 Å². The standard InChI is InChI=1S/C19H20N6O2/c1-24-15-12-20-19(23-21-11-13-7-3-2-4-8-13)22-16(15)25(18(27)17(24)26)14-9-5-6-10-14/h2-4,7-8,11-12,14H,5-6,9-10H2,1H3,(H,20,22,23). The Morgan fingerprint density at radius 3 is 2.63 bits per heavy atom. The Morgan fingerprint density at radius 1 is 1.15 bits per heavy atom. The summed E-state index contributed by atoms with van der Waals surface area (Å²) in [5.74, 6) is 0.277. The highest BCUT2D eigenvalue weighted by Crippen LogP contribution is 2.29. The molecule has 0 saturated heterocycles. The van der Waals surface area contributed by atoms with Gasteiger partial charge in [0.05, 0.1) is 12.4 Å². The zero-order valence-electron chi connectivity index (χ0n) is 15.0. The van der Waals surface area contributed by atoms with Crippen LogP contribution in [0.5, 0.6) is 0 Å². The highest BCUT2D eigenvalue weighted by atomic mass is 16.2. The summed E-state index contributed by atoms with van der Waals surface area (Å²) in [6.07, 6.45) is 7.06. The zero-order valence-corrected chi connectivity index (χ0v) is 15.0.